The molecule has 0 saturated carbocycles. The standard InChI is InChI=1S/4C26H31N2O/c2*1-15(2)12-19-9-11-21-20-10-8-17(5)24(25(20)29-26(21)27-19)23-13-22(16(3)4)18(6)14-28(23)7;2*1-15(2)12-19-9-11-21-20-10-8-17(5)24(25(20)29-26(21)27-19)23-13-18(6)22(16(3)4)14-28(23)7/h4*8-11,13-16H,12H2,1-7H3/q4*+1/i1D3,6D3,12D2,15D,16D;3D3,6D3,12D2,16D;1D3,3D3,12D2,15D,16D;1D3,12D2,15D,16D. The average molecular weight is 1590 g/mol. The SMILES string of the molecule is [2H]C(C)(C)c1c[n+](C)c(-c2c(C)ccc3c2oc2nc(C([2H])([2H])C([2H])(C)C([2H])([2H])[2H])ccc23)cc1C.[2H]C([2H])([2H])C([2H])(C)c1c[n+](C)c(-c2c(C)ccc3c2oc2nc(C([2H])([2H])C([2H])(C)C([2H])([2H])[2H])ccc23)cc1C.[2H]C([2H])([2H])c1c[n+](C)c(-c2c(C)ccc3c2oc2nc(C([2H])([2H])C(C)C)ccc23)cc1C([2H])(C)C([2H])([2H])[2H].[2H]C([2H])([2H])c1c[n+](C)c(-c2c(C)ccc3c2oc2nc(C([2H])([2H])C([2H])(C)C([2H])([2H])[2H])ccc23)cc1C([2H])(C)C. The molecule has 0 aliphatic carbocycles. The fourth-order valence-corrected chi connectivity index (χ4v) is 15.1. The van der Waals surface area contributed by atoms with Gasteiger partial charge in [0.15, 0.2) is 47.1 Å². The molecule has 12 aromatic heterocycles. The van der Waals surface area contributed by atoms with Crippen molar-refractivity contribution in [3.8, 4) is 45.0 Å². The number of aryl methyl sites for hydroxylation is 12. The van der Waals surface area contributed by atoms with Gasteiger partial charge in [0.25, 0.3) is 0 Å². The highest BCUT2D eigenvalue weighted by molar-refractivity contribution is 6.12. The van der Waals surface area contributed by atoms with Gasteiger partial charge in [0.2, 0.25) is 45.6 Å². The Hall–Kier alpha value is -10.7. The lowest BCUT2D eigenvalue weighted by Gasteiger charge is -2.12. The lowest BCUT2D eigenvalue weighted by Crippen LogP contribution is -2.32. The summed E-state index contributed by atoms with van der Waals surface area (Å²) in [5.74, 6) is -13.6. The molecule has 0 aliphatic rings. The molecular weight excluding hydrogens is 1430 g/mol. The van der Waals surface area contributed by atoms with Crippen LogP contribution in [0, 0.1) is 78.8 Å². The Morgan fingerprint density at radius 3 is 0.853 bits per heavy atom. The van der Waals surface area contributed by atoms with Gasteiger partial charge in [-0.3, -0.25) is 0 Å². The second kappa shape index (κ2) is 33.8. The Kier molecular flexibility index (Phi) is 14.2. The van der Waals surface area contributed by atoms with Gasteiger partial charge < -0.3 is 17.7 Å². The molecule has 16 aromatic rings. The summed E-state index contributed by atoms with van der Waals surface area (Å²) in [4.78, 5) is 17.5. The minimum atomic E-state index is -2.90. The summed E-state index contributed by atoms with van der Waals surface area (Å²) >= 11 is 0. The number of furan rings is 4. The van der Waals surface area contributed by atoms with E-state index in [1.807, 2.05) is 127 Å². The molecule has 0 amide bonds. The van der Waals surface area contributed by atoms with Crippen LogP contribution in [0.4, 0.5) is 0 Å². The predicted molar refractivity (Wildman–Crippen MR) is 481 cm³/mol. The van der Waals surface area contributed by atoms with E-state index in [0.29, 0.717) is 93.9 Å². The number of pyridine rings is 8. The van der Waals surface area contributed by atoms with Crippen molar-refractivity contribution >= 4 is 88.3 Å². The van der Waals surface area contributed by atoms with Crippen LogP contribution in [-0.2, 0) is 53.7 Å². The van der Waals surface area contributed by atoms with Crippen LogP contribution >= 0.6 is 0 Å². The summed E-state index contributed by atoms with van der Waals surface area (Å²) < 4.78 is 323. The molecule has 0 radical (unpaired) electrons. The van der Waals surface area contributed by atoms with Gasteiger partial charge in [0.05, 0.1) is 22.3 Å². The van der Waals surface area contributed by atoms with Crippen molar-refractivity contribution in [3.05, 3.63) is 236 Å². The summed E-state index contributed by atoms with van der Waals surface area (Å²) in [6.45, 7) is 8.66. The number of aromatic nitrogens is 8. The minimum absolute atomic E-state index is 0.0855. The third kappa shape index (κ3) is 16.8. The van der Waals surface area contributed by atoms with Crippen LogP contribution in [0.15, 0.2) is 164 Å². The van der Waals surface area contributed by atoms with Gasteiger partial charge in [-0.2, -0.15) is 0 Å². The number of fused-ring (bicyclic) bond motifs is 12. The zero-order valence-corrected chi connectivity index (χ0v) is 69.6. The number of rotatable bonds is 16. The molecular formula is C104H124N8O4+4. The van der Waals surface area contributed by atoms with E-state index in [2.05, 4.69) is 19.9 Å². The molecule has 0 spiro atoms. The average Bonchev–Trinajstić information content (AvgIpc) is 1.38. The highest BCUT2D eigenvalue weighted by atomic mass is 16.4. The quantitative estimate of drug-likeness (QED) is 0.0878. The van der Waals surface area contributed by atoms with E-state index in [1.165, 1.54) is 50.5 Å². The van der Waals surface area contributed by atoms with Crippen LogP contribution in [0.5, 0.6) is 0 Å². The van der Waals surface area contributed by atoms with Crippen molar-refractivity contribution in [2.45, 2.75) is 215 Å². The molecule has 0 N–H and O–H groups in total. The maximum Gasteiger partial charge on any atom is 0.227 e. The lowest BCUT2D eigenvalue weighted by molar-refractivity contribution is -0.661. The maximum absolute atomic E-state index is 8.70. The van der Waals surface area contributed by atoms with Gasteiger partial charge in [-0.15, -0.1) is 0 Å². The maximum atomic E-state index is 8.70. The summed E-state index contributed by atoms with van der Waals surface area (Å²) in [5, 5.41) is 5.48. The molecule has 0 saturated heterocycles. The van der Waals surface area contributed by atoms with Crippen LogP contribution < -0.4 is 18.3 Å². The number of benzene rings is 4. The zero-order valence-electron chi connectivity index (χ0n) is 106. The second-order valence-electron chi connectivity index (χ2n) is 30.9. The van der Waals surface area contributed by atoms with Gasteiger partial charge in [0, 0.05) is 162 Å². The molecule has 600 valence electrons. The number of hydrogen-bond acceptors (Lipinski definition) is 8. The monoisotopic (exact) mass is 1590 g/mol. The van der Waals surface area contributed by atoms with Gasteiger partial charge in [-0.05, 0) is 221 Å². The number of hydrogen-bond donors (Lipinski definition) is 0. The van der Waals surface area contributed by atoms with Crippen LogP contribution in [0.1, 0.15) is 273 Å². The first-order chi connectivity index (χ1) is 68.9. The second-order valence-corrected chi connectivity index (χ2v) is 30.9. The van der Waals surface area contributed by atoms with E-state index in [0.717, 1.165) is 87.4 Å². The molecule has 116 heavy (non-hydrogen) atoms. The Morgan fingerprint density at radius 1 is 0.302 bits per heavy atom. The van der Waals surface area contributed by atoms with Gasteiger partial charge in [-0.1, -0.05) is 159 Å². The summed E-state index contributed by atoms with van der Waals surface area (Å²) in [7, 11) is 7.09. The highest BCUT2D eigenvalue weighted by Gasteiger charge is 2.29. The van der Waals surface area contributed by atoms with E-state index in [9.17, 15) is 0 Å². The molecule has 4 aromatic carbocycles. The molecule has 12 heteroatoms. The molecule has 5 atom stereocenters. The Bertz CT molecular complexity index is 8110. The Labute approximate surface area is 738 Å². The van der Waals surface area contributed by atoms with Crippen molar-refractivity contribution in [2.24, 2.45) is 51.8 Å². The lowest BCUT2D eigenvalue weighted by atomic mass is 9.94. The van der Waals surface area contributed by atoms with Crippen molar-refractivity contribution in [1.82, 2.24) is 19.9 Å². The van der Waals surface area contributed by atoms with E-state index in [1.54, 1.807) is 112 Å². The fraction of sp³-hybridized carbons (Fsp3) is 0.385. The van der Waals surface area contributed by atoms with E-state index >= 15 is 0 Å². The summed E-state index contributed by atoms with van der Waals surface area (Å²) in [6.07, 6.45) is -2.92. The van der Waals surface area contributed by atoms with Crippen molar-refractivity contribution < 1.29 is 85.3 Å². The molecule has 5 unspecified atom stereocenters. The molecule has 16 rings (SSSR count). The van der Waals surface area contributed by atoms with Crippen molar-refractivity contribution in [3.63, 3.8) is 0 Å². The van der Waals surface area contributed by atoms with E-state index in [-0.39, 0.29) is 68.2 Å². The largest absolute Gasteiger partial charge is 0.437 e. The molecule has 12 heterocycles. The van der Waals surface area contributed by atoms with Crippen molar-refractivity contribution in [1.29, 1.82) is 0 Å². The summed E-state index contributed by atoms with van der Waals surface area (Å²) in [5.41, 5.74) is 14.4. The van der Waals surface area contributed by atoms with Crippen LogP contribution in [0.2, 0.25) is 0 Å². The van der Waals surface area contributed by atoms with Gasteiger partial charge in [0.1, 0.15) is 28.2 Å². The number of nitrogens with zero attached hydrogens (tertiary/aromatic N) is 8. The smallest absolute Gasteiger partial charge is 0.227 e. The van der Waals surface area contributed by atoms with Gasteiger partial charge in [-0.25, -0.2) is 38.2 Å². The topological polar surface area (TPSA) is 120 Å². The zero-order chi connectivity index (χ0) is 115. The third-order valence-electron chi connectivity index (χ3n) is 20.7. The molecule has 0 aliphatic heterocycles. The predicted octanol–water partition coefficient (Wildman–Crippen LogP) is 25.6. The first-order valence-electron chi connectivity index (χ1n) is 56.3. The third-order valence-corrected chi connectivity index (χ3v) is 20.7. The highest BCUT2D eigenvalue weighted by Crippen LogP contribution is 2.43. The van der Waals surface area contributed by atoms with Crippen LogP contribution in [0.25, 0.3) is 133 Å². The molecule has 0 fully saturated rings. The minimum Gasteiger partial charge on any atom is -0.437 e. The van der Waals surface area contributed by atoms with E-state index < -0.39 is 115 Å². The van der Waals surface area contributed by atoms with Gasteiger partial charge >= 0.3 is 0 Å². The Morgan fingerprint density at radius 2 is 0.569 bits per heavy atom. The molecule has 0 bridgehead atoms. The first kappa shape index (κ1) is 48.7. The normalized spacial score (nSPS) is 20.6. The Balaban J connectivity index is 0.000000169. The fourth-order valence-electron chi connectivity index (χ4n) is 15.1. The van der Waals surface area contributed by atoms with Crippen LogP contribution in [-0.4, -0.2) is 19.9 Å². The van der Waals surface area contributed by atoms with Crippen LogP contribution in [0.3, 0.4) is 0 Å². The summed E-state index contributed by atoms with van der Waals surface area (Å²) in [6, 6.07) is 34.8. The first-order valence-corrected chi connectivity index (χ1v) is 38.3. The molecule has 12 nitrogen and oxygen atoms in total. The van der Waals surface area contributed by atoms with Crippen molar-refractivity contribution in [2.75, 3.05) is 0 Å². The van der Waals surface area contributed by atoms with E-state index in [4.69, 9.17) is 67.0 Å².